The number of benzene rings is 2. The summed E-state index contributed by atoms with van der Waals surface area (Å²) in [6.07, 6.45) is -7.90. The fraction of sp³-hybridized carbons (Fsp3) is 0.500. The van der Waals surface area contributed by atoms with Gasteiger partial charge in [0.1, 0.15) is 37.1 Å². The Hall–Kier alpha value is -5.89. The van der Waals surface area contributed by atoms with Crippen molar-refractivity contribution in [1.29, 1.82) is 0 Å². The lowest BCUT2D eigenvalue weighted by molar-refractivity contribution is -0.331. The summed E-state index contributed by atoms with van der Waals surface area (Å²) in [6.45, 7) is 3.97. The molecule has 0 unspecified atom stereocenters. The molecular formula is C42H51NO18. The lowest BCUT2D eigenvalue weighted by atomic mass is 9.87. The first-order valence-corrected chi connectivity index (χ1v) is 19.2. The first-order valence-electron chi connectivity index (χ1n) is 19.2. The number of carbonyl (C=O) groups is 7. The predicted octanol–water partition coefficient (Wildman–Crippen LogP) is 2.15. The molecule has 2 aliphatic heterocycles. The number of hydrogen-bond acceptors (Lipinski definition) is 18. The van der Waals surface area contributed by atoms with Crippen LogP contribution in [-0.4, -0.2) is 123 Å². The molecule has 19 heteroatoms. The van der Waals surface area contributed by atoms with E-state index in [-0.39, 0.29) is 19.8 Å². The van der Waals surface area contributed by atoms with Crippen LogP contribution in [0.25, 0.3) is 0 Å². The Bertz CT molecular complexity index is 1840. The van der Waals surface area contributed by atoms with Gasteiger partial charge >= 0.3 is 35.8 Å². The standard InChI is InChI=1S/C42H51NO18/c1-25(44)54-23-35(58-28(4)47)39(59-29(5)48)40-37(43-36(49)24-55-26(2)45)33(57-27(3)46)19-42(61-40,41(50)51-6)60-32-17-18-53-34(22-52-20-30-13-9-7-10-14-30)38(32)56-21-31-15-11-8-12-16-31/h7-18,32-35,37-40H,19-24H2,1-6H3,(H,43,49)/t32-,33+,34-,35-,37-,38-,39-,40-,42-/m1/s1. The second-order valence-corrected chi connectivity index (χ2v) is 13.9. The van der Waals surface area contributed by atoms with E-state index in [0.717, 1.165) is 52.9 Å². The van der Waals surface area contributed by atoms with E-state index < -0.39 is 116 Å². The highest BCUT2D eigenvalue weighted by Crippen LogP contribution is 2.39. The smallest absolute Gasteiger partial charge is 0.366 e. The van der Waals surface area contributed by atoms with Crippen molar-refractivity contribution in [2.45, 2.75) is 109 Å². The van der Waals surface area contributed by atoms with Crippen LogP contribution in [0.2, 0.25) is 0 Å². The lowest BCUT2D eigenvalue weighted by Gasteiger charge is -2.50. The normalized spacial score (nSPS) is 24.1. The summed E-state index contributed by atoms with van der Waals surface area (Å²) in [5, 5.41) is 2.56. The van der Waals surface area contributed by atoms with Gasteiger partial charge in [-0.25, -0.2) is 4.79 Å². The minimum atomic E-state index is -2.59. The van der Waals surface area contributed by atoms with Crippen LogP contribution in [0.4, 0.5) is 0 Å². The number of hydrogen-bond donors (Lipinski definition) is 1. The van der Waals surface area contributed by atoms with Crippen LogP contribution >= 0.6 is 0 Å². The van der Waals surface area contributed by atoms with Crippen molar-refractivity contribution in [2.75, 3.05) is 26.9 Å². The van der Waals surface area contributed by atoms with Gasteiger partial charge in [0, 0.05) is 34.6 Å². The summed E-state index contributed by atoms with van der Waals surface area (Å²) in [6, 6.07) is 17.0. The van der Waals surface area contributed by atoms with Gasteiger partial charge in [0.05, 0.1) is 45.7 Å². The molecular weight excluding hydrogens is 806 g/mol. The second kappa shape index (κ2) is 23.2. The quantitative estimate of drug-likeness (QED) is 0.148. The van der Waals surface area contributed by atoms with E-state index in [1.54, 1.807) is 0 Å². The van der Waals surface area contributed by atoms with E-state index in [4.69, 9.17) is 52.1 Å². The summed E-state index contributed by atoms with van der Waals surface area (Å²) in [7, 11) is 1.04. The molecule has 0 bridgehead atoms. The average molecular weight is 858 g/mol. The van der Waals surface area contributed by atoms with Crippen molar-refractivity contribution in [3.8, 4) is 0 Å². The van der Waals surface area contributed by atoms with Crippen LogP contribution in [0.15, 0.2) is 73.0 Å². The monoisotopic (exact) mass is 857 g/mol. The minimum absolute atomic E-state index is 0.0193. The molecule has 0 spiro atoms. The zero-order valence-corrected chi connectivity index (χ0v) is 34.6. The van der Waals surface area contributed by atoms with Gasteiger partial charge in [0.2, 0.25) is 0 Å². The maximum atomic E-state index is 14.2. The van der Waals surface area contributed by atoms with Gasteiger partial charge in [-0.1, -0.05) is 60.7 Å². The van der Waals surface area contributed by atoms with E-state index in [1.165, 1.54) is 12.3 Å². The van der Waals surface area contributed by atoms with Crippen LogP contribution in [0.1, 0.15) is 52.2 Å². The van der Waals surface area contributed by atoms with Crippen LogP contribution in [0.5, 0.6) is 0 Å². The van der Waals surface area contributed by atoms with E-state index in [0.29, 0.717) is 0 Å². The Morgan fingerprint density at radius 1 is 0.787 bits per heavy atom. The number of methoxy groups -OCH3 is 1. The predicted molar refractivity (Wildman–Crippen MR) is 206 cm³/mol. The molecule has 4 rings (SSSR count). The number of esters is 6. The number of carbonyl (C=O) groups excluding carboxylic acids is 7. The van der Waals surface area contributed by atoms with Gasteiger partial charge < -0.3 is 57.4 Å². The fourth-order valence-corrected chi connectivity index (χ4v) is 6.60. The van der Waals surface area contributed by atoms with Gasteiger partial charge in [0.25, 0.3) is 11.7 Å². The summed E-state index contributed by atoms with van der Waals surface area (Å²) >= 11 is 0. The van der Waals surface area contributed by atoms with E-state index in [9.17, 15) is 33.6 Å². The topological polar surface area (TPSA) is 233 Å². The highest BCUT2D eigenvalue weighted by molar-refractivity contribution is 5.81. The van der Waals surface area contributed by atoms with Crippen molar-refractivity contribution in [2.24, 2.45) is 0 Å². The number of ether oxygens (including phenoxy) is 11. The van der Waals surface area contributed by atoms with Gasteiger partial charge in [-0.2, -0.15) is 0 Å². The van der Waals surface area contributed by atoms with Crippen LogP contribution in [0.3, 0.4) is 0 Å². The molecule has 2 aromatic rings. The lowest BCUT2D eigenvalue weighted by Crippen LogP contribution is -2.70. The van der Waals surface area contributed by atoms with E-state index in [2.05, 4.69) is 5.32 Å². The third-order valence-corrected chi connectivity index (χ3v) is 9.08. The molecule has 1 N–H and O–H groups in total. The molecule has 2 aliphatic rings. The van der Waals surface area contributed by atoms with Gasteiger partial charge in [-0.15, -0.1) is 0 Å². The summed E-state index contributed by atoms with van der Waals surface area (Å²) in [5.74, 6) is -9.10. The molecule has 0 saturated carbocycles. The molecule has 0 aliphatic carbocycles. The first kappa shape index (κ1) is 47.8. The number of nitrogens with one attached hydrogen (secondary N) is 1. The Morgan fingerprint density at radius 3 is 1.98 bits per heavy atom. The molecule has 332 valence electrons. The Labute approximate surface area is 352 Å². The molecule has 19 nitrogen and oxygen atoms in total. The van der Waals surface area contributed by atoms with Crippen molar-refractivity contribution >= 4 is 41.7 Å². The summed E-state index contributed by atoms with van der Waals surface area (Å²) in [4.78, 5) is 89.1. The average Bonchev–Trinajstić information content (AvgIpc) is 3.21. The molecule has 2 heterocycles. The number of amides is 1. The molecule has 1 saturated heterocycles. The van der Waals surface area contributed by atoms with Crippen molar-refractivity contribution in [3.05, 3.63) is 84.1 Å². The Balaban J connectivity index is 1.83. The summed E-state index contributed by atoms with van der Waals surface area (Å²) < 4.78 is 63.6. The zero-order chi connectivity index (χ0) is 44.5. The van der Waals surface area contributed by atoms with Crippen molar-refractivity contribution in [1.82, 2.24) is 5.32 Å². The van der Waals surface area contributed by atoms with E-state index >= 15 is 0 Å². The molecule has 0 aromatic heterocycles. The summed E-state index contributed by atoms with van der Waals surface area (Å²) in [5.41, 5.74) is 1.68. The van der Waals surface area contributed by atoms with Gasteiger partial charge in [-0.3, -0.25) is 28.8 Å². The maximum Gasteiger partial charge on any atom is 0.366 e. The Kier molecular flexibility index (Phi) is 18.2. The first-order chi connectivity index (χ1) is 29.1. The molecule has 61 heavy (non-hydrogen) atoms. The third kappa shape index (κ3) is 14.7. The number of rotatable bonds is 20. The minimum Gasteiger partial charge on any atom is -0.493 e. The molecule has 1 amide bonds. The van der Waals surface area contributed by atoms with Gasteiger partial charge in [0.15, 0.2) is 18.8 Å². The maximum absolute atomic E-state index is 14.2. The molecule has 0 radical (unpaired) electrons. The molecule has 1 fully saturated rings. The second-order valence-electron chi connectivity index (χ2n) is 13.9. The van der Waals surface area contributed by atoms with Crippen LogP contribution < -0.4 is 5.32 Å². The molecule has 9 atom stereocenters. The van der Waals surface area contributed by atoms with Gasteiger partial charge in [-0.05, 0) is 17.2 Å². The highest BCUT2D eigenvalue weighted by Gasteiger charge is 2.61. The molecule has 2 aromatic carbocycles. The van der Waals surface area contributed by atoms with Crippen molar-refractivity contribution in [3.63, 3.8) is 0 Å². The zero-order valence-electron chi connectivity index (χ0n) is 34.6. The third-order valence-electron chi connectivity index (χ3n) is 9.08. The Morgan fingerprint density at radius 2 is 1.41 bits per heavy atom. The van der Waals surface area contributed by atoms with E-state index in [1.807, 2.05) is 60.7 Å². The fourth-order valence-electron chi connectivity index (χ4n) is 6.60. The SMILES string of the molecule is COC(=O)[C@@]1(O[C@@H]2C=CO[C@H](COCc3ccccc3)[C@@H]2OCc2ccccc2)C[C@H](OC(C)=O)[C@@H](NC(=O)COC(C)=O)[C@H]([C@H](OC(C)=O)[C@@H](COC(C)=O)OC(C)=O)O1. The van der Waals surface area contributed by atoms with Crippen LogP contribution in [0, 0.1) is 0 Å². The largest absolute Gasteiger partial charge is 0.493 e. The highest BCUT2D eigenvalue weighted by atomic mass is 16.8. The van der Waals surface area contributed by atoms with Crippen LogP contribution in [-0.2, 0) is 98.9 Å². The van der Waals surface area contributed by atoms with Crippen molar-refractivity contribution < 1.29 is 85.7 Å².